The lowest BCUT2D eigenvalue weighted by Gasteiger charge is -2.08. The predicted molar refractivity (Wildman–Crippen MR) is 101 cm³/mol. The zero-order valence-electron chi connectivity index (χ0n) is 14.7. The first-order valence-corrected chi connectivity index (χ1v) is 10.3. The van der Waals surface area contributed by atoms with E-state index in [0.29, 0.717) is 4.90 Å². The monoisotopic (exact) mass is 375 g/mol. The highest BCUT2D eigenvalue weighted by atomic mass is 32.2. The van der Waals surface area contributed by atoms with Crippen LogP contribution in [0.15, 0.2) is 35.2 Å². The Bertz CT molecular complexity index is 1020. The molecular formula is C18H21N3O2S2. The lowest BCUT2D eigenvalue weighted by molar-refractivity contribution is 0.581. The van der Waals surface area contributed by atoms with Crippen LogP contribution in [-0.2, 0) is 16.6 Å². The Balaban J connectivity index is 1.88. The molecule has 25 heavy (non-hydrogen) atoms. The average molecular weight is 376 g/mol. The Morgan fingerprint density at radius 2 is 1.88 bits per heavy atom. The Kier molecular flexibility index (Phi) is 4.81. The molecule has 132 valence electrons. The maximum absolute atomic E-state index is 12.7. The summed E-state index contributed by atoms with van der Waals surface area (Å²) in [4.78, 5) is 1.93. The summed E-state index contributed by atoms with van der Waals surface area (Å²) in [6, 6.07) is 9.47. The molecule has 0 bridgehead atoms. The molecule has 0 radical (unpaired) electrons. The van der Waals surface area contributed by atoms with Crippen LogP contribution in [0.1, 0.15) is 27.3 Å². The number of hydrogen-bond donors (Lipinski definition) is 2. The fraction of sp³-hybridized carbons (Fsp3) is 0.278. The normalized spacial score (nSPS) is 11.8. The van der Waals surface area contributed by atoms with Crippen molar-refractivity contribution >= 4 is 21.4 Å². The minimum Gasteiger partial charge on any atom is -0.282 e. The number of benzene rings is 1. The summed E-state index contributed by atoms with van der Waals surface area (Å²) in [5, 5.41) is 7.24. The first kappa shape index (κ1) is 17.8. The van der Waals surface area contributed by atoms with Crippen LogP contribution >= 0.6 is 11.3 Å². The number of rotatable bonds is 5. The van der Waals surface area contributed by atoms with Gasteiger partial charge in [-0.15, -0.1) is 11.3 Å². The molecule has 5 nitrogen and oxygen atoms in total. The number of sulfonamides is 1. The van der Waals surface area contributed by atoms with E-state index < -0.39 is 10.0 Å². The smallest absolute Gasteiger partial charge is 0.241 e. The maximum Gasteiger partial charge on any atom is 0.241 e. The topological polar surface area (TPSA) is 74.8 Å². The molecule has 0 aliphatic heterocycles. The standard InChI is InChI=1S/C18H21N3O2S2/c1-11-7-5-6-8-15(11)10-19-25(22,23)17-9-16(24-14(17)4)18-12(2)13(3)20-21-18/h5-9,19H,10H2,1-4H3,(H,20,21). The molecular weight excluding hydrogens is 354 g/mol. The van der Waals surface area contributed by atoms with Gasteiger partial charge in [0.05, 0.1) is 9.77 Å². The molecule has 0 atom stereocenters. The molecule has 0 spiro atoms. The lowest BCUT2D eigenvalue weighted by atomic mass is 10.1. The molecule has 0 saturated heterocycles. The molecule has 2 heterocycles. The van der Waals surface area contributed by atoms with Crippen LogP contribution in [0.2, 0.25) is 0 Å². The number of thiophene rings is 1. The summed E-state index contributed by atoms with van der Waals surface area (Å²) < 4.78 is 28.2. The van der Waals surface area contributed by atoms with Crippen molar-refractivity contribution < 1.29 is 8.42 Å². The molecule has 2 N–H and O–H groups in total. The van der Waals surface area contributed by atoms with Crippen LogP contribution in [0.5, 0.6) is 0 Å². The first-order chi connectivity index (χ1) is 11.8. The van der Waals surface area contributed by atoms with Gasteiger partial charge in [0.25, 0.3) is 0 Å². The van der Waals surface area contributed by atoms with Gasteiger partial charge in [0.15, 0.2) is 0 Å². The van der Waals surface area contributed by atoms with Crippen molar-refractivity contribution in [2.45, 2.75) is 39.1 Å². The third-order valence-corrected chi connectivity index (χ3v) is 7.08. The second-order valence-corrected chi connectivity index (χ2v) is 9.10. The number of H-pyrrole nitrogens is 1. The van der Waals surface area contributed by atoms with Crippen LogP contribution in [0.4, 0.5) is 0 Å². The van der Waals surface area contributed by atoms with Gasteiger partial charge in [-0.25, -0.2) is 13.1 Å². The van der Waals surface area contributed by atoms with Crippen molar-refractivity contribution in [3.8, 4) is 10.6 Å². The van der Waals surface area contributed by atoms with Crippen LogP contribution in [0.3, 0.4) is 0 Å². The number of nitrogens with zero attached hydrogens (tertiary/aromatic N) is 1. The van der Waals surface area contributed by atoms with E-state index in [-0.39, 0.29) is 6.54 Å². The van der Waals surface area contributed by atoms with Gasteiger partial charge in [-0.3, -0.25) is 5.10 Å². The number of aryl methyl sites for hydroxylation is 3. The fourth-order valence-corrected chi connectivity index (χ4v) is 5.28. The van der Waals surface area contributed by atoms with E-state index in [1.54, 1.807) is 6.07 Å². The minimum atomic E-state index is -3.58. The predicted octanol–water partition coefficient (Wildman–Crippen LogP) is 3.85. The molecule has 7 heteroatoms. The fourth-order valence-electron chi connectivity index (χ4n) is 2.63. The van der Waals surface area contributed by atoms with E-state index in [1.807, 2.05) is 52.0 Å². The summed E-state index contributed by atoms with van der Waals surface area (Å²) in [6.07, 6.45) is 0. The van der Waals surface area contributed by atoms with Gasteiger partial charge in [-0.2, -0.15) is 5.10 Å². The second kappa shape index (κ2) is 6.74. The summed E-state index contributed by atoms with van der Waals surface area (Å²) in [7, 11) is -3.58. The van der Waals surface area contributed by atoms with E-state index in [1.165, 1.54) is 11.3 Å². The summed E-state index contributed by atoms with van der Waals surface area (Å²) >= 11 is 1.44. The van der Waals surface area contributed by atoms with E-state index in [0.717, 1.165) is 37.8 Å². The summed E-state index contributed by atoms with van der Waals surface area (Å²) in [5.41, 5.74) is 4.88. The quantitative estimate of drug-likeness (QED) is 0.711. The van der Waals surface area contributed by atoms with Gasteiger partial charge in [0.1, 0.15) is 5.69 Å². The molecule has 1 aromatic carbocycles. The van der Waals surface area contributed by atoms with Crippen LogP contribution < -0.4 is 4.72 Å². The molecule has 3 rings (SSSR count). The highest BCUT2D eigenvalue weighted by molar-refractivity contribution is 7.89. The van der Waals surface area contributed by atoms with E-state index in [4.69, 9.17) is 0 Å². The van der Waals surface area contributed by atoms with Gasteiger partial charge in [-0.05, 0) is 50.5 Å². The van der Waals surface area contributed by atoms with Gasteiger partial charge in [0.2, 0.25) is 10.0 Å². The molecule has 0 aliphatic rings. The van der Waals surface area contributed by atoms with Crippen molar-refractivity contribution in [2.75, 3.05) is 0 Å². The number of hydrogen-bond acceptors (Lipinski definition) is 4. The molecule has 2 aromatic heterocycles. The van der Waals surface area contributed by atoms with Crippen LogP contribution in [-0.4, -0.2) is 18.6 Å². The molecule has 0 fully saturated rings. The average Bonchev–Trinajstić information content (AvgIpc) is 3.10. The number of aromatic amines is 1. The Labute approximate surface area is 152 Å². The van der Waals surface area contributed by atoms with E-state index in [9.17, 15) is 8.42 Å². The summed E-state index contributed by atoms with van der Waals surface area (Å²) in [6.45, 7) is 8.01. The summed E-state index contributed by atoms with van der Waals surface area (Å²) in [5.74, 6) is 0. The maximum atomic E-state index is 12.7. The Morgan fingerprint density at radius 3 is 2.52 bits per heavy atom. The molecule has 0 aliphatic carbocycles. The van der Waals surface area contributed by atoms with Crippen molar-refractivity contribution in [2.24, 2.45) is 0 Å². The lowest BCUT2D eigenvalue weighted by Crippen LogP contribution is -2.23. The second-order valence-electron chi connectivity index (χ2n) is 6.10. The van der Waals surface area contributed by atoms with Crippen LogP contribution in [0.25, 0.3) is 10.6 Å². The molecule has 0 amide bonds. The molecule has 3 aromatic rings. The number of aromatic nitrogens is 2. The van der Waals surface area contributed by atoms with Crippen molar-refractivity contribution in [1.29, 1.82) is 0 Å². The third-order valence-electron chi connectivity index (χ3n) is 4.36. The van der Waals surface area contributed by atoms with Crippen molar-refractivity contribution in [3.63, 3.8) is 0 Å². The van der Waals surface area contributed by atoms with Crippen molar-refractivity contribution in [1.82, 2.24) is 14.9 Å². The third kappa shape index (κ3) is 3.53. The van der Waals surface area contributed by atoms with E-state index >= 15 is 0 Å². The zero-order valence-corrected chi connectivity index (χ0v) is 16.3. The number of nitrogens with one attached hydrogen (secondary N) is 2. The largest absolute Gasteiger partial charge is 0.282 e. The minimum absolute atomic E-state index is 0.278. The van der Waals surface area contributed by atoms with Gasteiger partial charge in [-0.1, -0.05) is 24.3 Å². The van der Waals surface area contributed by atoms with Crippen LogP contribution in [0, 0.1) is 27.7 Å². The molecule has 0 saturated carbocycles. The zero-order chi connectivity index (χ0) is 18.2. The van der Waals surface area contributed by atoms with Crippen molar-refractivity contribution in [3.05, 3.63) is 57.6 Å². The SMILES string of the molecule is Cc1ccccc1CNS(=O)(=O)c1cc(-c2n[nH]c(C)c2C)sc1C. The van der Waals surface area contributed by atoms with Gasteiger partial charge >= 0.3 is 0 Å². The Hall–Kier alpha value is -1.96. The van der Waals surface area contributed by atoms with Gasteiger partial charge in [0, 0.05) is 17.1 Å². The highest BCUT2D eigenvalue weighted by Gasteiger charge is 2.22. The van der Waals surface area contributed by atoms with E-state index in [2.05, 4.69) is 14.9 Å². The highest BCUT2D eigenvalue weighted by Crippen LogP contribution is 2.34. The molecule has 0 unspecified atom stereocenters. The van der Waals surface area contributed by atoms with Gasteiger partial charge < -0.3 is 0 Å². The Morgan fingerprint density at radius 1 is 1.16 bits per heavy atom. The first-order valence-electron chi connectivity index (χ1n) is 7.96.